The van der Waals surface area contributed by atoms with Gasteiger partial charge in [0.15, 0.2) is 4.60 Å². The fraction of sp³-hybridized carbons (Fsp3) is 0.364. The van der Waals surface area contributed by atoms with Gasteiger partial charge in [-0.25, -0.2) is 4.68 Å². The molecule has 1 N–H and O–H groups in total. The van der Waals surface area contributed by atoms with E-state index in [1.165, 1.54) is 10.7 Å². The monoisotopic (exact) mass is 349 g/mol. The Morgan fingerprint density at radius 3 is 2.45 bits per heavy atom. The van der Waals surface area contributed by atoms with Gasteiger partial charge in [-0.15, -0.1) is 5.10 Å². The number of nitrogens with one attached hydrogen (secondary N) is 1. The summed E-state index contributed by atoms with van der Waals surface area (Å²) in [5.41, 5.74) is 0.352. The Hall–Kier alpha value is -1.48. The van der Waals surface area contributed by atoms with Crippen LogP contribution in [0.1, 0.15) is 23.0 Å². The SMILES string of the molecule is CNC(c1ccc(C(F)(F)F)cn1)c1c(Br)nnn1C. The van der Waals surface area contributed by atoms with E-state index in [1.807, 2.05) is 0 Å². The van der Waals surface area contributed by atoms with Crippen LogP contribution in [0.3, 0.4) is 0 Å². The molecule has 9 heteroatoms. The lowest BCUT2D eigenvalue weighted by Gasteiger charge is -2.16. The third kappa shape index (κ3) is 2.83. The van der Waals surface area contributed by atoms with Crippen LogP contribution in [0.15, 0.2) is 22.9 Å². The number of halogens is 4. The number of pyridine rings is 1. The number of rotatable bonds is 3. The third-order valence-corrected chi connectivity index (χ3v) is 3.36. The maximum atomic E-state index is 12.5. The Morgan fingerprint density at radius 1 is 1.35 bits per heavy atom. The van der Waals surface area contributed by atoms with Gasteiger partial charge in [-0.05, 0) is 35.1 Å². The summed E-state index contributed by atoms with van der Waals surface area (Å²) >= 11 is 3.26. The minimum absolute atomic E-state index is 0.411. The summed E-state index contributed by atoms with van der Waals surface area (Å²) < 4.78 is 39.6. The van der Waals surface area contributed by atoms with Crippen LogP contribution in [0.5, 0.6) is 0 Å². The summed E-state index contributed by atoms with van der Waals surface area (Å²) in [5, 5.41) is 10.7. The van der Waals surface area contributed by atoms with Crippen molar-refractivity contribution in [3.8, 4) is 0 Å². The molecule has 1 unspecified atom stereocenters. The highest BCUT2D eigenvalue weighted by atomic mass is 79.9. The number of alkyl halides is 3. The van der Waals surface area contributed by atoms with Gasteiger partial charge in [0.1, 0.15) is 0 Å². The second-order valence-corrected chi connectivity index (χ2v) is 4.83. The van der Waals surface area contributed by atoms with Crippen molar-refractivity contribution < 1.29 is 13.2 Å². The molecule has 0 saturated heterocycles. The van der Waals surface area contributed by atoms with E-state index in [4.69, 9.17) is 0 Å². The van der Waals surface area contributed by atoms with Crippen LogP contribution in [-0.4, -0.2) is 27.0 Å². The maximum Gasteiger partial charge on any atom is 0.417 e. The largest absolute Gasteiger partial charge is 0.417 e. The van der Waals surface area contributed by atoms with Crippen LogP contribution in [0, 0.1) is 0 Å². The average Bonchev–Trinajstić information content (AvgIpc) is 2.71. The molecule has 2 heterocycles. The van der Waals surface area contributed by atoms with Crippen LogP contribution in [0.25, 0.3) is 0 Å². The highest BCUT2D eigenvalue weighted by Gasteiger charge is 2.31. The van der Waals surface area contributed by atoms with Gasteiger partial charge in [0, 0.05) is 13.2 Å². The first-order valence-corrected chi connectivity index (χ1v) is 6.39. The number of hydrogen-bond donors (Lipinski definition) is 1. The molecule has 0 aliphatic heterocycles. The molecule has 2 aromatic rings. The molecule has 20 heavy (non-hydrogen) atoms. The minimum atomic E-state index is -4.39. The van der Waals surface area contributed by atoms with E-state index in [1.54, 1.807) is 14.1 Å². The molecule has 0 aromatic carbocycles. The average molecular weight is 350 g/mol. The van der Waals surface area contributed by atoms with Crippen LogP contribution < -0.4 is 5.32 Å². The smallest absolute Gasteiger partial charge is 0.307 e. The first-order chi connectivity index (χ1) is 9.34. The molecule has 1 atom stereocenters. The van der Waals surface area contributed by atoms with E-state index < -0.39 is 17.8 Å². The van der Waals surface area contributed by atoms with E-state index in [0.717, 1.165) is 12.3 Å². The van der Waals surface area contributed by atoms with Gasteiger partial charge in [0.2, 0.25) is 0 Å². The molecule has 5 nitrogen and oxygen atoms in total. The zero-order valence-corrected chi connectivity index (χ0v) is 12.2. The lowest BCUT2D eigenvalue weighted by molar-refractivity contribution is -0.137. The molecule has 0 aliphatic carbocycles. The summed E-state index contributed by atoms with van der Waals surface area (Å²) in [6.45, 7) is 0. The van der Waals surface area contributed by atoms with Gasteiger partial charge < -0.3 is 5.32 Å². The van der Waals surface area contributed by atoms with Crippen molar-refractivity contribution in [1.82, 2.24) is 25.3 Å². The van der Waals surface area contributed by atoms with Crippen molar-refractivity contribution in [1.29, 1.82) is 0 Å². The quantitative estimate of drug-likeness (QED) is 0.923. The lowest BCUT2D eigenvalue weighted by atomic mass is 10.1. The summed E-state index contributed by atoms with van der Waals surface area (Å²) in [7, 11) is 3.38. The molecular formula is C11H11BrF3N5. The number of nitrogens with zero attached hydrogens (tertiary/aromatic N) is 4. The summed E-state index contributed by atoms with van der Waals surface area (Å²) in [6, 6.07) is 1.93. The molecule has 108 valence electrons. The summed E-state index contributed by atoms with van der Waals surface area (Å²) in [5.74, 6) is 0. The topological polar surface area (TPSA) is 55.6 Å². The summed E-state index contributed by atoms with van der Waals surface area (Å²) in [4.78, 5) is 3.88. The fourth-order valence-electron chi connectivity index (χ4n) is 1.81. The molecule has 0 radical (unpaired) electrons. The van der Waals surface area contributed by atoms with Gasteiger partial charge in [-0.3, -0.25) is 4.98 Å². The number of aryl methyl sites for hydroxylation is 1. The standard InChI is InChI=1S/C11H11BrF3N5/c1-16-8(9-10(12)18-19-20(9)2)7-4-3-6(5-17-7)11(13,14)15/h3-5,8,16H,1-2H3. The Balaban J connectivity index is 2.38. The second-order valence-electron chi connectivity index (χ2n) is 4.08. The van der Waals surface area contributed by atoms with Crippen LogP contribution in [0.4, 0.5) is 13.2 Å². The zero-order valence-electron chi connectivity index (χ0n) is 10.6. The fourth-order valence-corrected chi connectivity index (χ4v) is 2.37. The van der Waals surface area contributed by atoms with E-state index in [-0.39, 0.29) is 0 Å². The van der Waals surface area contributed by atoms with Crippen molar-refractivity contribution in [2.45, 2.75) is 12.2 Å². The van der Waals surface area contributed by atoms with Gasteiger partial charge in [0.05, 0.1) is 23.0 Å². The van der Waals surface area contributed by atoms with Gasteiger partial charge in [-0.1, -0.05) is 5.21 Å². The van der Waals surface area contributed by atoms with Crippen molar-refractivity contribution in [2.24, 2.45) is 7.05 Å². The second kappa shape index (κ2) is 5.49. The lowest BCUT2D eigenvalue weighted by Crippen LogP contribution is -2.22. The van der Waals surface area contributed by atoms with Crippen molar-refractivity contribution >= 4 is 15.9 Å². The van der Waals surface area contributed by atoms with Crippen molar-refractivity contribution in [3.05, 3.63) is 39.9 Å². The Labute approximate surface area is 121 Å². The van der Waals surface area contributed by atoms with E-state index >= 15 is 0 Å². The molecule has 2 rings (SSSR count). The van der Waals surface area contributed by atoms with Gasteiger partial charge in [-0.2, -0.15) is 13.2 Å². The van der Waals surface area contributed by atoms with Crippen LogP contribution in [-0.2, 0) is 13.2 Å². The van der Waals surface area contributed by atoms with Crippen molar-refractivity contribution in [3.63, 3.8) is 0 Å². The molecular weight excluding hydrogens is 339 g/mol. The van der Waals surface area contributed by atoms with Crippen molar-refractivity contribution in [2.75, 3.05) is 7.05 Å². The molecule has 0 saturated carbocycles. The zero-order chi connectivity index (χ0) is 14.9. The van der Waals surface area contributed by atoms with E-state index in [9.17, 15) is 13.2 Å². The van der Waals surface area contributed by atoms with Gasteiger partial charge >= 0.3 is 6.18 Å². The Morgan fingerprint density at radius 2 is 2.05 bits per heavy atom. The first kappa shape index (κ1) is 14.9. The predicted octanol–water partition coefficient (Wildman–Crippen LogP) is 2.30. The Bertz CT molecular complexity index is 574. The predicted molar refractivity (Wildman–Crippen MR) is 68.8 cm³/mol. The highest BCUT2D eigenvalue weighted by molar-refractivity contribution is 9.10. The molecule has 0 bridgehead atoms. The molecule has 0 aliphatic rings. The summed E-state index contributed by atoms with van der Waals surface area (Å²) in [6.07, 6.45) is -3.58. The molecule has 0 spiro atoms. The van der Waals surface area contributed by atoms with Crippen LogP contribution in [0.2, 0.25) is 0 Å². The normalized spacial score (nSPS) is 13.5. The minimum Gasteiger partial charge on any atom is -0.307 e. The Kier molecular flexibility index (Phi) is 4.09. The molecule has 0 fully saturated rings. The van der Waals surface area contributed by atoms with Gasteiger partial charge in [0.25, 0.3) is 0 Å². The van der Waals surface area contributed by atoms with E-state index in [0.29, 0.717) is 16.0 Å². The molecule has 2 aromatic heterocycles. The number of aromatic nitrogens is 4. The third-order valence-electron chi connectivity index (χ3n) is 2.80. The van der Waals surface area contributed by atoms with E-state index in [2.05, 4.69) is 36.5 Å². The maximum absolute atomic E-state index is 12.5. The van der Waals surface area contributed by atoms with Crippen LogP contribution >= 0.6 is 15.9 Å². The number of hydrogen-bond acceptors (Lipinski definition) is 4. The first-order valence-electron chi connectivity index (χ1n) is 5.60. The highest BCUT2D eigenvalue weighted by Crippen LogP contribution is 2.30. The molecule has 0 amide bonds.